The van der Waals surface area contributed by atoms with Crippen molar-refractivity contribution >= 4 is 17.2 Å². The van der Waals surface area contributed by atoms with Gasteiger partial charge in [-0.2, -0.15) is 0 Å². The van der Waals surface area contributed by atoms with Crippen molar-refractivity contribution < 1.29 is 9.21 Å². The molecule has 1 N–H and O–H groups in total. The molecule has 0 unspecified atom stereocenters. The minimum absolute atomic E-state index is 0.219. The van der Waals surface area contributed by atoms with Crippen LogP contribution in [0.5, 0.6) is 0 Å². The van der Waals surface area contributed by atoms with Crippen molar-refractivity contribution in [2.75, 3.05) is 0 Å². The van der Waals surface area contributed by atoms with E-state index in [9.17, 15) is 4.79 Å². The Morgan fingerprint density at radius 3 is 3.21 bits per heavy atom. The monoisotopic (exact) mass is 210 g/mol. The summed E-state index contributed by atoms with van der Waals surface area (Å²) in [7, 11) is 0. The SMILES string of the molecule is O=C(NCc1nnco1)c1cscn1. The average Bonchev–Trinajstić information content (AvgIpc) is 2.87. The highest BCUT2D eigenvalue weighted by Gasteiger charge is 2.08. The van der Waals surface area contributed by atoms with Gasteiger partial charge >= 0.3 is 0 Å². The van der Waals surface area contributed by atoms with Gasteiger partial charge in [0, 0.05) is 5.38 Å². The van der Waals surface area contributed by atoms with Gasteiger partial charge in [0.2, 0.25) is 12.3 Å². The fraction of sp³-hybridized carbons (Fsp3) is 0.143. The molecule has 0 radical (unpaired) electrons. The number of aromatic nitrogens is 3. The Labute approximate surface area is 83.0 Å². The van der Waals surface area contributed by atoms with E-state index in [2.05, 4.69) is 20.5 Å². The highest BCUT2D eigenvalue weighted by atomic mass is 32.1. The molecule has 2 heterocycles. The number of hydrogen-bond donors (Lipinski definition) is 1. The lowest BCUT2D eigenvalue weighted by Crippen LogP contribution is -2.23. The molecule has 0 aliphatic carbocycles. The normalized spacial score (nSPS) is 10.0. The molecule has 0 fully saturated rings. The van der Waals surface area contributed by atoms with Crippen molar-refractivity contribution in [1.29, 1.82) is 0 Å². The maximum absolute atomic E-state index is 11.3. The summed E-state index contributed by atoms with van der Waals surface area (Å²) in [6, 6.07) is 0. The van der Waals surface area contributed by atoms with Crippen LogP contribution in [-0.2, 0) is 6.54 Å². The van der Waals surface area contributed by atoms with Gasteiger partial charge in [-0.1, -0.05) is 0 Å². The lowest BCUT2D eigenvalue weighted by Gasteiger charge is -1.97. The summed E-state index contributed by atoms with van der Waals surface area (Å²) in [5, 5.41) is 11.4. The number of nitrogens with zero attached hydrogens (tertiary/aromatic N) is 3. The molecule has 7 heteroatoms. The first-order valence-corrected chi connectivity index (χ1v) is 4.72. The maximum atomic E-state index is 11.3. The Morgan fingerprint density at radius 1 is 1.64 bits per heavy atom. The van der Waals surface area contributed by atoms with Crippen LogP contribution in [0.2, 0.25) is 0 Å². The number of hydrogen-bond acceptors (Lipinski definition) is 6. The average molecular weight is 210 g/mol. The third-order valence-corrected chi connectivity index (χ3v) is 2.06. The number of thiazole rings is 1. The van der Waals surface area contributed by atoms with Crippen LogP contribution in [-0.4, -0.2) is 21.1 Å². The van der Waals surface area contributed by atoms with E-state index in [1.807, 2.05) is 0 Å². The van der Waals surface area contributed by atoms with E-state index in [0.717, 1.165) is 0 Å². The summed E-state index contributed by atoms with van der Waals surface area (Å²) >= 11 is 1.37. The van der Waals surface area contributed by atoms with Gasteiger partial charge in [0.25, 0.3) is 5.91 Å². The third-order valence-electron chi connectivity index (χ3n) is 1.47. The minimum atomic E-state index is -0.246. The van der Waals surface area contributed by atoms with Gasteiger partial charge in [0.05, 0.1) is 12.1 Å². The van der Waals surface area contributed by atoms with Gasteiger partial charge in [0.15, 0.2) is 0 Å². The lowest BCUT2D eigenvalue weighted by molar-refractivity contribution is 0.0943. The Morgan fingerprint density at radius 2 is 2.57 bits per heavy atom. The molecule has 0 aliphatic heterocycles. The maximum Gasteiger partial charge on any atom is 0.271 e. The molecule has 1 amide bonds. The van der Waals surface area contributed by atoms with Crippen molar-refractivity contribution in [3.8, 4) is 0 Å². The van der Waals surface area contributed by atoms with Crippen molar-refractivity contribution in [3.05, 3.63) is 28.9 Å². The number of carbonyl (C=O) groups excluding carboxylic acids is 1. The molecule has 0 aromatic carbocycles. The van der Waals surface area contributed by atoms with Crippen molar-refractivity contribution in [2.24, 2.45) is 0 Å². The molecule has 2 aromatic heterocycles. The minimum Gasteiger partial charge on any atom is -0.426 e. The highest BCUT2D eigenvalue weighted by molar-refractivity contribution is 7.07. The van der Waals surface area contributed by atoms with Crippen LogP contribution in [0.4, 0.5) is 0 Å². The molecule has 14 heavy (non-hydrogen) atoms. The Hall–Kier alpha value is -1.76. The summed E-state index contributed by atoms with van der Waals surface area (Å²) in [6.45, 7) is 0.219. The van der Waals surface area contributed by atoms with E-state index < -0.39 is 0 Å². The third kappa shape index (κ3) is 1.94. The molecule has 0 spiro atoms. The Balaban J connectivity index is 1.90. The second kappa shape index (κ2) is 3.97. The van der Waals surface area contributed by atoms with E-state index >= 15 is 0 Å². The molecule has 0 bridgehead atoms. The first kappa shape index (κ1) is 8.82. The number of amides is 1. The molecular formula is C7H6N4O2S. The van der Waals surface area contributed by atoms with E-state index in [0.29, 0.717) is 11.6 Å². The molecule has 2 aromatic rings. The second-order valence-electron chi connectivity index (χ2n) is 2.39. The van der Waals surface area contributed by atoms with Crippen LogP contribution >= 0.6 is 11.3 Å². The van der Waals surface area contributed by atoms with Crippen molar-refractivity contribution in [1.82, 2.24) is 20.5 Å². The summed E-state index contributed by atoms with van der Waals surface area (Å²) in [4.78, 5) is 15.2. The predicted molar refractivity (Wildman–Crippen MR) is 47.6 cm³/mol. The topological polar surface area (TPSA) is 80.9 Å². The fourth-order valence-corrected chi connectivity index (χ4v) is 1.38. The van der Waals surface area contributed by atoms with E-state index in [1.165, 1.54) is 17.7 Å². The fourth-order valence-electron chi connectivity index (χ4n) is 0.844. The van der Waals surface area contributed by atoms with Crippen molar-refractivity contribution in [3.63, 3.8) is 0 Å². The van der Waals surface area contributed by atoms with Crippen LogP contribution in [0.3, 0.4) is 0 Å². The largest absolute Gasteiger partial charge is 0.426 e. The Bertz CT molecular complexity index is 397. The summed E-state index contributed by atoms with van der Waals surface area (Å²) < 4.78 is 4.85. The smallest absolute Gasteiger partial charge is 0.271 e. The highest BCUT2D eigenvalue weighted by Crippen LogP contribution is 2.00. The molecule has 72 valence electrons. The van der Waals surface area contributed by atoms with E-state index in [4.69, 9.17) is 4.42 Å². The second-order valence-corrected chi connectivity index (χ2v) is 3.11. The number of carbonyl (C=O) groups is 1. The zero-order valence-corrected chi connectivity index (χ0v) is 7.82. The zero-order chi connectivity index (χ0) is 9.80. The molecule has 0 saturated heterocycles. The Kier molecular flexibility index (Phi) is 2.50. The lowest BCUT2D eigenvalue weighted by atomic mass is 10.4. The van der Waals surface area contributed by atoms with Gasteiger partial charge < -0.3 is 9.73 Å². The standard InChI is InChI=1S/C7H6N4O2S/c12-7(5-2-14-4-9-5)8-1-6-11-10-3-13-6/h2-4H,1H2,(H,8,12). The summed E-state index contributed by atoms with van der Waals surface area (Å²) in [6.07, 6.45) is 1.21. The summed E-state index contributed by atoms with van der Waals surface area (Å²) in [5.41, 5.74) is 2.00. The van der Waals surface area contributed by atoms with Crippen LogP contribution in [0.15, 0.2) is 21.7 Å². The molecule has 0 atom stereocenters. The number of nitrogens with one attached hydrogen (secondary N) is 1. The first-order valence-electron chi connectivity index (χ1n) is 3.77. The van der Waals surface area contributed by atoms with Crippen LogP contribution in [0, 0.1) is 0 Å². The molecule has 0 aliphatic rings. The van der Waals surface area contributed by atoms with E-state index in [-0.39, 0.29) is 12.5 Å². The molecule has 6 nitrogen and oxygen atoms in total. The van der Waals surface area contributed by atoms with Gasteiger partial charge in [-0.15, -0.1) is 21.5 Å². The van der Waals surface area contributed by atoms with Crippen LogP contribution in [0.25, 0.3) is 0 Å². The zero-order valence-electron chi connectivity index (χ0n) is 7.01. The quantitative estimate of drug-likeness (QED) is 0.795. The summed E-state index contributed by atoms with van der Waals surface area (Å²) in [5.74, 6) is 0.123. The molecular weight excluding hydrogens is 204 g/mol. The van der Waals surface area contributed by atoms with Crippen LogP contribution < -0.4 is 5.32 Å². The molecule has 0 saturated carbocycles. The van der Waals surface area contributed by atoms with Crippen molar-refractivity contribution in [2.45, 2.75) is 6.54 Å². The van der Waals surface area contributed by atoms with Crippen LogP contribution in [0.1, 0.15) is 16.4 Å². The van der Waals surface area contributed by atoms with E-state index in [1.54, 1.807) is 10.9 Å². The van der Waals surface area contributed by atoms with Gasteiger partial charge in [-0.3, -0.25) is 4.79 Å². The first-order chi connectivity index (χ1) is 6.86. The van der Waals surface area contributed by atoms with Gasteiger partial charge in [0.1, 0.15) is 5.69 Å². The molecule has 2 rings (SSSR count). The predicted octanol–water partition coefficient (Wildman–Crippen LogP) is 0.456. The van der Waals surface area contributed by atoms with Gasteiger partial charge in [-0.25, -0.2) is 4.98 Å². The van der Waals surface area contributed by atoms with Gasteiger partial charge in [-0.05, 0) is 0 Å². The number of rotatable bonds is 3.